The first-order chi connectivity index (χ1) is 8.18. The zero-order valence-electron chi connectivity index (χ0n) is 9.33. The molecule has 92 valence electrons. The highest BCUT2D eigenvalue weighted by molar-refractivity contribution is 6.31. The van der Waals surface area contributed by atoms with Crippen molar-refractivity contribution < 1.29 is 14.6 Å². The van der Waals surface area contributed by atoms with Crippen LogP contribution in [0.25, 0.3) is 0 Å². The molecule has 1 aliphatic heterocycles. The largest absolute Gasteiger partial charge is 0.493 e. The van der Waals surface area contributed by atoms with Crippen LogP contribution in [0.5, 0.6) is 5.75 Å². The number of benzene rings is 1. The van der Waals surface area contributed by atoms with Crippen molar-refractivity contribution in [3.63, 3.8) is 0 Å². The van der Waals surface area contributed by atoms with Gasteiger partial charge in [0.15, 0.2) is 0 Å². The molecule has 0 spiro atoms. The lowest BCUT2D eigenvalue weighted by Crippen LogP contribution is -2.22. The third-order valence-electron chi connectivity index (χ3n) is 2.82. The van der Waals surface area contributed by atoms with E-state index in [-0.39, 0.29) is 0 Å². The summed E-state index contributed by atoms with van der Waals surface area (Å²) in [4.78, 5) is 10.3. The average Bonchev–Trinajstić information content (AvgIpc) is 2.74. The molecular weight excluding hydrogens is 242 g/mol. The Morgan fingerprint density at radius 1 is 1.53 bits per heavy atom. The van der Waals surface area contributed by atoms with Gasteiger partial charge in [-0.25, -0.2) is 4.79 Å². The van der Waals surface area contributed by atoms with Gasteiger partial charge < -0.3 is 15.2 Å². The van der Waals surface area contributed by atoms with Gasteiger partial charge in [-0.05, 0) is 30.5 Å². The summed E-state index contributed by atoms with van der Waals surface area (Å²) >= 11 is 6.16. The first-order valence-corrected chi connectivity index (χ1v) is 5.96. The van der Waals surface area contributed by atoms with Crippen molar-refractivity contribution in [1.29, 1.82) is 0 Å². The van der Waals surface area contributed by atoms with Crippen LogP contribution in [0.3, 0.4) is 0 Å². The topological polar surface area (TPSA) is 58.6 Å². The number of nitrogens with one attached hydrogen (secondary N) is 1. The lowest BCUT2D eigenvalue weighted by Gasteiger charge is -2.09. The number of carboxylic acid groups (broad SMARTS) is 1. The summed E-state index contributed by atoms with van der Waals surface area (Å²) in [5, 5.41) is 11.5. The van der Waals surface area contributed by atoms with Crippen molar-refractivity contribution in [2.45, 2.75) is 19.3 Å². The molecule has 17 heavy (non-hydrogen) atoms. The van der Waals surface area contributed by atoms with E-state index in [9.17, 15) is 4.79 Å². The smallest absolute Gasteiger partial charge is 0.404 e. The van der Waals surface area contributed by atoms with E-state index in [0.717, 1.165) is 35.6 Å². The molecule has 0 fully saturated rings. The Labute approximate surface area is 105 Å². The molecule has 1 aromatic rings. The molecule has 2 N–H and O–H groups in total. The van der Waals surface area contributed by atoms with Crippen LogP contribution < -0.4 is 10.1 Å². The maximum atomic E-state index is 10.3. The SMILES string of the molecule is O=C(O)NCCCc1c(Cl)ccc2c1CCO2. The molecule has 1 aliphatic rings. The van der Waals surface area contributed by atoms with E-state index in [0.29, 0.717) is 13.2 Å². The molecule has 0 saturated carbocycles. The maximum absolute atomic E-state index is 10.3. The minimum Gasteiger partial charge on any atom is -0.493 e. The predicted molar refractivity (Wildman–Crippen MR) is 65.0 cm³/mol. The van der Waals surface area contributed by atoms with Crippen molar-refractivity contribution in [3.8, 4) is 5.75 Å². The highest BCUT2D eigenvalue weighted by atomic mass is 35.5. The Bertz CT molecular complexity index is 434. The van der Waals surface area contributed by atoms with Gasteiger partial charge in [0.1, 0.15) is 5.75 Å². The molecule has 0 aliphatic carbocycles. The third kappa shape index (κ3) is 2.82. The molecule has 0 atom stereocenters. The van der Waals surface area contributed by atoms with Gasteiger partial charge in [-0.1, -0.05) is 11.6 Å². The second kappa shape index (κ2) is 5.27. The number of ether oxygens (including phenoxy) is 1. The molecule has 5 heteroatoms. The summed E-state index contributed by atoms with van der Waals surface area (Å²) in [5.41, 5.74) is 2.27. The first kappa shape index (κ1) is 12.0. The van der Waals surface area contributed by atoms with Gasteiger partial charge >= 0.3 is 6.09 Å². The van der Waals surface area contributed by atoms with Crippen molar-refractivity contribution in [1.82, 2.24) is 5.32 Å². The third-order valence-corrected chi connectivity index (χ3v) is 3.17. The average molecular weight is 256 g/mol. The molecule has 0 saturated heterocycles. The Kier molecular flexibility index (Phi) is 3.74. The van der Waals surface area contributed by atoms with Crippen LogP contribution in [0.4, 0.5) is 4.79 Å². The molecule has 2 rings (SSSR count). The van der Waals surface area contributed by atoms with Gasteiger partial charge in [0.2, 0.25) is 0 Å². The van der Waals surface area contributed by atoms with E-state index in [1.54, 1.807) is 0 Å². The highest BCUT2D eigenvalue weighted by Gasteiger charge is 2.18. The number of amides is 1. The zero-order valence-corrected chi connectivity index (χ0v) is 10.1. The van der Waals surface area contributed by atoms with Gasteiger partial charge in [0, 0.05) is 23.6 Å². The molecular formula is C12H14ClNO3. The monoisotopic (exact) mass is 255 g/mol. The van der Waals surface area contributed by atoms with E-state index in [1.807, 2.05) is 12.1 Å². The van der Waals surface area contributed by atoms with Crippen molar-refractivity contribution in [2.24, 2.45) is 0 Å². The van der Waals surface area contributed by atoms with E-state index in [4.69, 9.17) is 21.4 Å². The number of carbonyl (C=O) groups is 1. The van der Waals surface area contributed by atoms with E-state index < -0.39 is 6.09 Å². The quantitative estimate of drug-likeness (QED) is 0.813. The summed E-state index contributed by atoms with van der Waals surface area (Å²) in [5.74, 6) is 0.913. The Morgan fingerprint density at radius 2 is 2.35 bits per heavy atom. The molecule has 1 amide bonds. The van der Waals surface area contributed by atoms with Crippen LogP contribution >= 0.6 is 11.6 Å². The lowest BCUT2D eigenvalue weighted by molar-refractivity contribution is 0.194. The zero-order chi connectivity index (χ0) is 12.3. The number of fused-ring (bicyclic) bond motifs is 1. The Hall–Kier alpha value is -1.42. The lowest BCUT2D eigenvalue weighted by atomic mass is 10.0. The van der Waals surface area contributed by atoms with Crippen LogP contribution in [0.1, 0.15) is 17.5 Å². The van der Waals surface area contributed by atoms with Crippen molar-refractivity contribution in [2.75, 3.05) is 13.2 Å². The Balaban J connectivity index is 2.00. The summed E-state index contributed by atoms with van der Waals surface area (Å²) in [6.07, 6.45) is 1.41. The minimum absolute atomic E-state index is 0.441. The van der Waals surface area contributed by atoms with Gasteiger partial charge in [0.05, 0.1) is 6.61 Å². The maximum Gasteiger partial charge on any atom is 0.404 e. The van der Waals surface area contributed by atoms with Crippen LogP contribution in [0.15, 0.2) is 12.1 Å². The van der Waals surface area contributed by atoms with E-state index >= 15 is 0 Å². The van der Waals surface area contributed by atoms with Crippen molar-refractivity contribution >= 4 is 17.7 Å². The summed E-state index contributed by atoms with van der Waals surface area (Å²) in [7, 11) is 0. The van der Waals surface area contributed by atoms with Crippen LogP contribution in [0.2, 0.25) is 5.02 Å². The Morgan fingerprint density at radius 3 is 3.12 bits per heavy atom. The summed E-state index contributed by atoms with van der Waals surface area (Å²) in [6, 6.07) is 3.73. The molecule has 1 heterocycles. The highest BCUT2D eigenvalue weighted by Crippen LogP contribution is 2.33. The fourth-order valence-electron chi connectivity index (χ4n) is 2.05. The molecule has 0 bridgehead atoms. The fourth-order valence-corrected chi connectivity index (χ4v) is 2.32. The molecule has 4 nitrogen and oxygen atoms in total. The van der Waals surface area contributed by atoms with E-state index in [1.165, 1.54) is 5.56 Å². The molecule has 0 radical (unpaired) electrons. The summed E-state index contributed by atoms with van der Waals surface area (Å²) < 4.78 is 5.47. The molecule has 0 unspecified atom stereocenters. The minimum atomic E-state index is -0.988. The standard InChI is InChI=1S/C12H14ClNO3/c13-10-3-4-11-9(5-7-17-11)8(10)2-1-6-14-12(15)16/h3-4,14H,1-2,5-7H2,(H,15,16). The second-order valence-corrected chi connectivity index (χ2v) is 4.34. The van der Waals surface area contributed by atoms with Crippen LogP contribution in [-0.2, 0) is 12.8 Å². The first-order valence-electron chi connectivity index (χ1n) is 5.58. The van der Waals surface area contributed by atoms with Gasteiger partial charge in [-0.3, -0.25) is 0 Å². The number of halogens is 1. The predicted octanol–water partition coefficient (Wildman–Crippen LogP) is 2.48. The van der Waals surface area contributed by atoms with Gasteiger partial charge in [-0.2, -0.15) is 0 Å². The normalized spacial score (nSPS) is 13.0. The second-order valence-electron chi connectivity index (χ2n) is 3.94. The fraction of sp³-hybridized carbons (Fsp3) is 0.417. The summed E-state index contributed by atoms with van der Waals surface area (Å²) in [6.45, 7) is 1.15. The molecule has 1 aromatic carbocycles. The van der Waals surface area contributed by atoms with E-state index in [2.05, 4.69) is 5.32 Å². The van der Waals surface area contributed by atoms with Gasteiger partial charge in [0.25, 0.3) is 0 Å². The number of hydrogen-bond acceptors (Lipinski definition) is 2. The number of rotatable bonds is 4. The van der Waals surface area contributed by atoms with Crippen LogP contribution in [0, 0.1) is 0 Å². The van der Waals surface area contributed by atoms with Crippen molar-refractivity contribution in [3.05, 3.63) is 28.3 Å². The van der Waals surface area contributed by atoms with Crippen LogP contribution in [-0.4, -0.2) is 24.4 Å². The molecule has 0 aromatic heterocycles. The number of hydrogen-bond donors (Lipinski definition) is 2. The van der Waals surface area contributed by atoms with Gasteiger partial charge in [-0.15, -0.1) is 0 Å².